The molecular weight excluding hydrogens is 348 g/mol. The van der Waals surface area contributed by atoms with Crippen LogP contribution in [-0.4, -0.2) is 74.5 Å². The molecule has 4 aliphatic rings. The van der Waals surface area contributed by atoms with Crippen LogP contribution < -0.4 is 0 Å². The van der Waals surface area contributed by atoms with Crippen LogP contribution in [0.5, 0.6) is 0 Å². The number of rotatable bonds is 5. The molecule has 4 fully saturated rings. The van der Waals surface area contributed by atoms with E-state index in [2.05, 4.69) is 9.80 Å². The zero-order valence-corrected chi connectivity index (χ0v) is 18.5. The summed E-state index contributed by atoms with van der Waals surface area (Å²) in [5.41, 5.74) is 0. The predicted octanol–water partition coefficient (Wildman–Crippen LogP) is 4.33. The lowest BCUT2D eigenvalue weighted by atomic mass is 9.77. The van der Waals surface area contributed by atoms with Crippen molar-refractivity contribution < 1.29 is 9.47 Å². The molecule has 0 aromatic carbocycles. The topological polar surface area (TPSA) is 24.9 Å². The molecule has 4 atom stereocenters. The number of hydrogen-bond donors (Lipinski definition) is 0. The Morgan fingerprint density at radius 3 is 1.21 bits per heavy atom. The van der Waals surface area contributed by atoms with Crippen LogP contribution in [0.3, 0.4) is 0 Å². The van der Waals surface area contributed by atoms with Crippen LogP contribution in [0.1, 0.15) is 77.0 Å². The molecule has 0 aromatic heterocycles. The van der Waals surface area contributed by atoms with E-state index in [1.165, 1.54) is 103 Å². The van der Waals surface area contributed by atoms with Crippen LogP contribution in [0.25, 0.3) is 0 Å². The monoisotopic (exact) mass is 392 g/mol. The van der Waals surface area contributed by atoms with Gasteiger partial charge < -0.3 is 9.47 Å². The van der Waals surface area contributed by atoms with Crippen molar-refractivity contribution in [2.75, 3.05) is 40.4 Å². The molecule has 4 nitrogen and oxygen atoms in total. The Balaban J connectivity index is 1.23. The first-order valence-electron chi connectivity index (χ1n) is 12.3. The Kier molecular flexibility index (Phi) is 7.71. The summed E-state index contributed by atoms with van der Waals surface area (Å²) in [4.78, 5) is 5.56. The van der Waals surface area contributed by atoms with Gasteiger partial charge >= 0.3 is 0 Å². The van der Waals surface area contributed by atoms with Gasteiger partial charge in [0.25, 0.3) is 0 Å². The van der Waals surface area contributed by atoms with Gasteiger partial charge in [-0.25, -0.2) is 0 Å². The standard InChI is InChI=1S/C24H44N2O2/c1-27-23-9-5-3-7-21(23)25-15-11-19(12-16-25)20-13-17-26(18-14-20)22-8-4-6-10-24(22)28-2/h19-24H,3-18H2,1-2H3. The highest BCUT2D eigenvalue weighted by molar-refractivity contribution is 4.91. The van der Waals surface area contributed by atoms with Gasteiger partial charge in [-0.05, 0) is 89.4 Å². The molecule has 162 valence electrons. The molecule has 0 amide bonds. The summed E-state index contributed by atoms with van der Waals surface area (Å²) < 4.78 is 11.7. The van der Waals surface area contributed by atoms with Crippen LogP contribution in [0.15, 0.2) is 0 Å². The van der Waals surface area contributed by atoms with Crippen molar-refractivity contribution in [1.82, 2.24) is 9.80 Å². The lowest BCUT2D eigenvalue weighted by Crippen LogP contribution is -2.52. The van der Waals surface area contributed by atoms with Crippen molar-refractivity contribution in [3.05, 3.63) is 0 Å². The number of likely N-dealkylation sites (tertiary alicyclic amines) is 2. The van der Waals surface area contributed by atoms with E-state index in [1.54, 1.807) is 0 Å². The summed E-state index contributed by atoms with van der Waals surface area (Å²) >= 11 is 0. The fraction of sp³-hybridized carbons (Fsp3) is 1.00. The lowest BCUT2D eigenvalue weighted by Gasteiger charge is -2.47. The molecule has 2 saturated carbocycles. The van der Waals surface area contributed by atoms with Crippen molar-refractivity contribution in [2.45, 2.75) is 101 Å². The van der Waals surface area contributed by atoms with E-state index in [-0.39, 0.29) is 0 Å². The highest BCUT2D eigenvalue weighted by Gasteiger charge is 2.37. The Morgan fingerprint density at radius 2 is 0.857 bits per heavy atom. The highest BCUT2D eigenvalue weighted by Crippen LogP contribution is 2.37. The van der Waals surface area contributed by atoms with Crippen molar-refractivity contribution in [3.8, 4) is 0 Å². The summed E-state index contributed by atoms with van der Waals surface area (Å²) in [5, 5.41) is 0. The van der Waals surface area contributed by atoms with Crippen LogP contribution in [0.4, 0.5) is 0 Å². The number of ether oxygens (including phenoxy) is 2. The van der Waals surface area contributed by atoms with E-state index in [0.29, 0.717) is 24.3 Å². The average molecular weight is 393 g/mol. The number of piperidine rings is 2. The first-order valence-corrected chi connectivity index (χ1v) is 12.3. The number of nitrogens with zero attached hydrogens (tertiary/aromatic N) is 2. The lowest BCUT2D eigenvalue weighted by molar-refractivity contribution is -0.0380. The highest BCUT2D eigenvalue weighted by atomic mass is 16.5. The van der Waals surface area contributed by atoms with Gasteiger partial charge in [0.15, 0.2) is 0 Å². The fourth-order valence-electron chi connectivity index (χ4n) is 6.98. The third kappa shape index (κ3) is 4.77. The van der Waals surface area contributed by atoms with Gasteiger partial charge in [0, 0.05) is 26.3 Å². The molecule has 2 aliphatic heterocycles. The third-order valence-corrected chi connectivity index (χ3v) is 8.69. The molecule has 2 aliphatic carbocycles. The van der Waals surface area contributed by atoms with E-state index in [0.717, 1.165) is 11.8 Å². The van der Waals surface area contributed by atoms with Gasteiger partial charge in [0.1, 0.15) is 0 Å². The second-order valence-corrected chi connectivity index (χ2v) is 10.00. The first-order chi connectivity index (χ1) is 13.8. The van der Waals surface area contributed by atoms with Gasteiger partial charge in [-0.15, -0.1) is 0 Å². The molecule has 0 bridgehead atoms. The molecule has 0 aromatic rings. The maximum absolute atomic E-state index is 5.83. The van der Waals surface area contributed by atoms with Gasteiger partial charge in [0.05, 0.1) is 12.2 Å². The van der Waals surface area contributed by atoms with E-state index in [4.69, 9.17) is 9.47 Å². The molecular formula is C24H44N2O2. The van der Waals surface area contributed by atoms with E-state index in [1.807, 2.05) is 14.2 Å². The Hall–Kier alpha value is -0.160. The Bertz CT molecular complexity index is 416. The van der Waals surface area contributed by atoms with Crippen LogP contribution >= 0.6 is 0 Å². The fourth-order valence-corrected chi connectivity index (χ4v) is 6.98. The maximum atomic E-state index is 5.83. The summed E-state index contributed by atoms with van der Waals surface area (Å²) in [6.45, 7) is 5.24. The quantitative estimate of drug-likeness (QED) is 0.695. The molecule has 2 heterocycles. The minimum Gasteiger partial charge on any atom is -0.380 e. The molecule has 2 saturated heterocycles. The Morgan fingerprint density at radius 1 is 0.500 bits per heavy atom. The van der Waals surface area contributed by atoms with Crippen LogP contribution in [0, 0.1) is 11.8 Å². The van der Waals surface area contributed by atoms with Crippen molar-refractivity contribution in [3.63, 3.8) is 0 Å². The normalized spacial score (nSPS) is 37.9. The summed E-state index contributed by atoms with van der Waals surface area (Å²) in [6, 6.07) is 1.39. The largest absolute Gasteiger partial charge is 0.380 e. The number of methoxy groups -OCH3 is 2. The van der Waals surface area contributed by atoms with Gasteiger partial charge in [-0.1, -0.05) is 25.7 Å². The van der Waals surface area contributed by atoms with Gasteiger partial charge in [-0.2, -0.15) is 0 Å². The minimum absolute atomic E-state index is 0.484. The average Bonchev–Trinajstić information content (AvgIpc) is 2.79. The Labute approximate surface area is 173 Å². The second kappa shape index (κ2) is 10.2. The van der Waals surface area contributed by atoms with Crippen molar-refractivity contribution in [2.24, 2.45) is 11.8 Å². The minimum atomic E-state index is 0.484. The smallest absolute Gasteiger partial charge is 0.0726 e. The van der Waals surface area contributed by atoms with Crippen LogP contribution in [0.2, 0.25) is 0 Å². The molecule has 0 N–H and O–H groups in total. The predicted molar refractivity (Wildman–Crippen MR) is 115 cm³/mol. The second-order valence-electron chi connectivity index (χ2n) is 10.00. The number of hydrogen-bond acceptors (Lipinski definition) is 4. The molecule has 4 rings (SSSR count). The maximum Gasteiger partial charge on any atom is 0.0726 e. The van der Waals surface area contributed by atoms with Crippen LogP contribution in [-0.2, 0) is 9.47 Å². The molecule has 4 unspecified atom stereocenters. The van der Waals surface area contributed by atoms with E-state index in [9.17, 15) is 0 Å². The first kappa shape index (κ1) is 21.1. The van der Waals surface area contributed by atoms with E-state index >= 15 is 0 Å². The SMILES string of the molecule is COC1CCCCC1N1CCC(C2CCN(C3CCCCC3OC)CC2)CC1. The zero-order valence-electron chi connectivity index (χ0n) is 18.5. The summed E-state index contributed by atoms with van der Waals surface area (Å²) in [5.74, 6) is 1.93. The van der Waals surface area contributed by atoms with Gasteiger partial charge in [0.2, 0.25) is 0 Å². The van der Waals surface area contributed by atoms with Crippen molar-refractivity contribution >= 4 is 0 Å². The van der Waals surface area contributed by atoms with E-state index < -0.39 is 0 Å². The summed E-state index contributed by atoms with van der Waals surface area (Å²) in [6.07, 6.45) is 17.4. The summed E-state index contributed by atoms with van der Waals surface area (Å²) in [7, 11) is 3.84. The molecule has 4 heteroatoms. The molecule has 0 spiro atoms. The molecule has 0 radical (unpaired) electrons. The third-order valence-electron chi connectivity index (χ3n) is 8.69. The molecule has 28 heavy (non-hydrogen) atoms. The zero-order chi connectivity index (χ0) is 19.3. The van der Waals surface area contributed by atoms with Crippen molar-refractivity contribution in [1.29, 1.82) is 0 Å². The van der Waals surface area contributed by atoms with Gasteiger partial charge in [-0.3, -0.25) is 9.80 Å².